The Bertz CT molecular complexity index is 262. The maximum Gasteiger partial charge on any atom is 0.120 e. The summed E-state index contributed by atoms with van der Waals surface area (Å²) in [4.78, 5) is 0.625. The molecule has 0 aliphatic carbocycles. The Morgan fingerprint density at radius 2 is 2.44 bits per heavy atom. The van der Waals surface area contributed by atoms with Gasteiger partial charge in [-0.25, -0.2) is 0 Å². The van der Waals surface area contributed by atoms with Crippen LogP contribution in [0.4, 0.5) is 0 Å². The van der Waals surface area contributed by atoms with E-state index in [1.807, 2.05) is 6.07 Å². The highest BCUT2D eigenvalue weighted by atomic mass is 79.9. The molecule has 0 aromatic carbocycles. The second kappa shape index (κ2) is 2.70. The van der Waals surface area contributed by atoms with Gasteiger partial charge in [0, 0.05) is 4.47 Å². The van der Waals surface area contributed by atoms with Crippen LogP contribution in [-0.4, -0.2) is 0 Å². The van der Waals surface area contributed by atoms with E-state index < -0.39 is 0 Å². The summed E-state index contributed by atoms with van der Waals surface area (Å²) in [6, 6.07) is 3.72. The van der Waals surface area contributed by atoms with Gasteiger partial charge in [0.2, 0.25) is 0 Å². The van der Waals surface area contributed by atoms with Gasteiger partial charge in [-0.05, 0) is 22.0 Å². The second-order valence-corrected chi connectivity index (χ2v) is 3.88. The van der Waals surface area contributed by atoms with E-state index in [2.05, 4.69) is 15.9 Å². The van der Waals surface area contributed by atoms with E-state index in [1.54, 1.807) is 6.07 Å². The van der Waals surface area contributed by atoms with Crippen LogP contribution in [0.25, 0.3) is 0 Å². The van der Waals surface area contributed by atoms with Crippen LogP contribution in [-0.2, 0) is 0 Å². The van der Waals surface area contributed by atoms with Gasteiger partial charge in [-0.2, -0.15) is 5.26 Å². The van der Waals surface area contributed by atoms with Gasteiger partial charge < -0.3 is 0 Å². The Morgan fingerprint density at radius 1 is 1.78 bits per heavy atom. The third kappa shape index (κ3) is 1.45. The minimum Gasteiger partial charge on any atom is -0.191 e. The van der Waals surface area contributed by atoms with Crippen molar-refractivity contribution in [2.24, 2.45) is 0 Å². The lowest BCUT2D eigenvalue weighted by Gasteiger charge is -1.73. The fraction of sp³-hybridized carbons (Fsp3) is 0. The quantitative estimate of drug-likeness (QED) is 0.662. The van der Waals surface area contributed by atoms with Gasteiger partial charge in [0.25, 0.3) is 0 Å². The molecular weight excluding hydrogens is 221 g/mol. The van der Waals surface area contributed by atoms with Gasteiger partial charge in [-0.15, -0.1) is 11.3 Å². The van der Waals surface area contributed by atoms with Crippen LogP contribution in [0.3, 0.4) is 0 Å². The Hall–Kier alpha value is -0.0400. The van der Waals surface area contributed by atoms with Gasteiger partial charge in [-0.1, -0.05) is 11.6 Å². The molecule has 1 aromatic rings. The van der Waals surface area contributed by atoms with Gasteiger partial charge >= 0.3 is 0 Å². The molecule has 0 bridgehead atoms. The number of hydrogen-bond donors (Lipinski definition) is 0. The van der Waals surface area contributed by atoms with E-state index in [1.165, 1.54) is 11.3 Å². The molecule has 1 aromatic heterocycles. The highest BCUT2D eigenvalue weighted by Crippen LogP contribution is 2.29. The summed E-state index contributed by atoms with van der Waals surface area (Å²) in [7, 11) is 0. The van der Waals surface area contributed by atoms with E-state index in [4.69, 9.17) is 16.9 Å². The molecule has 0 aliphatic heterocycles. The summed E-state index contributed by atoms with van der Waals surface area (Å²) in [5.74, 6) is 0. The predicted octanol–water partition coefficient (Wildman–Crippen LogP) is 3.04. The third-order valence-corrected chi connectivity index (χ3v) is 2.81. The molecule has 1 rings (SSSR count). The smallest absolute Gasteiger partial charge is 0.120 e. The maximum atomic E-state index is 8.40. The lowest BCUT2D eigenvalue weighted by molar-refractivity contribution is 1.52. The number of halogens is 2. The third-order valence-electron chi connectivity index (χ3n) is 0.758. The molecule has 0 aliphatic rings. The predicted molar refractivity (Wildman–Crippen MR) is 41.7 cm³/mol. The molecule has 0 amide bonds. The summed E-state index contributed by atoms with van der Waals surface area (Å²) < 4.78 is 1.42. The fourth-order valence-electron chi connectivity index (χ4n) is 0.417. The molecule has 1 heterocycles. The van der Waals surface area contributed by atoms with Crippen molar-refractivity contribution in [3.8, 4) is 6.07 Å². The van der Waals surface area contributed by atoms with Crippen LogP contribution in [0.5, 0.6) is 0 Å². The van der Waals surface area contributed by atoms with Crippen LogP contribution < -0.4 is 0 Å². The Kier molecular flexibility index (Phi) is 2.12. The molecule has 9 heavy (non-hydrogen) atoms. The van der Waals surface area contributed by atoms with Crippen LogP contribution in [0.2, 0.25) is 4.34 Å². The number of nitrogens with zero attached hydrogens (tertiary/aromatic N) is 1. The first-order valence-corrected chi connectivity index (χ1v) is 4.07. The molecule has 0 saturated carbocycles. The first-order valence-electron chi connectivity index (χ1n) is 2.09. The van der Waals surface area contributed by atoms with Crippen LogP contribution in [0.1, 0.15) is 4.88 Å². The molecule has 0 N–H and O–H groups in total. The zero-order valence-corrected chi connectivity index (χ0v) is 7.35. The highest BCUT2D eigenvalue weighted by Gasteiger charge is 2.02. The molecule has 0 unspecified atom stereocenters. The summed E-state index contributed by atoms with van der Waals surface area (Å²) in [6.07, 6.45) is 0. The zero-order valence-electron chi connectivity index (χ0n) is 4.19. The summed E-state index contributed by atoms with van der Waals surface area (Å²) in [6.45, 7) is 0. The van der Waals surface area contributed by atoms with Crippen molar-refractivity contribution in [3.63, 3.8) is 0 Å². The van der Waals surface area contributed by atoms with Crippen LogP contribution in [0.15, 0.2) is 10.5 Å². The number of nitriles is 1. The normalized spacial score (nSPS) is 9.00. The van der Waals surface area contributed by atoms with Crippen molar-refractivity contribution in [3.05, 3.63) is 19.8 Å². The van der Waals surface area contributed by atoms with E-state index >= 15 is 0 Å². The number of rotatable bonds is 0. The minimum absolute atomic E-state index is 0.625. The van der Waals surface area contributed by atoms with Gasteiger partial charge in [0.15, 0.2) is 0 Å². The van der Waals surface area contributed by atoms with Crippen molar-refractivity contribution in [2.45, 2.75) is 0 Å². The van der Waals surface area contributed by atoms with Gasteiger partial charge in [0.05, 0.1) is 4.34 Å². The minimum atomic E-state index is 0.625. The number of thiophene rings is 1. The van der Waals surface area contributed by atoms with Gasteiger partial charge in [0.1, 0.15) is 10.9 Å². The van der Waals surface area contributed by atoms with Crippen molar-refractivity contribution in [2.75, 3.05) is 0 Å². The largest absolute Gasteiger partial charge is 0.191 e. The Morgan fingerprint density at radius 3 is 2.67 bits per heavy atom. The molecule has 1 nitrogen and oxygen atoms in total. The molecule has 0 spiro atoms. The summed E-state index contributed by atoms with van der Waals surface area (Å²) in [5, 5.41) is 8.40. The molecular formula is C5HBrClNS. The molecule has 0 atom stereocenters. The Labute approximate surface area is 70.0 Å². The lowest BCUT2D eigenvalue weighted by Crippen LogP contribution is -1.58. The lowest BCUT2D eigenvalue weighted by atomic mass is 10.5. The number of hydrogen-bond acceptors (Lipinski definition) is 2. The van der Waals surface area contributed by atoms with Crippen molar-refractivity contribution in [1.29, 1.82) is 5.26 Å². The Balaban J connectivity index is 3.20. The fourth-order valence-corrected chi connectivity index (χ4v) is 2.18. The van der Waals surface area contributed by atoms with E-state index in [0.717, 1.165) is 4.47 Å². The summed E-state index contributed by atoms with van der Waals surface area (Å²) in [5.41, 5.74) is 0. The van der Waals surface area contributed by atoms with Gasteiger partial charge in [-0.3, -0.25) is 0 Å². The average Bonchev–Trinajstić information content (AvgIpc) is 2.10. The second-order valence-electron chi connectivity index (χ2n) is 1.34. The average molecular weight is 222 g/mol. The molecule has 0 radical (unpaired) electrons. The van der Waals surface area contributed by atoms with Crippen LogP contribution in [0, 0.1) is 11.3 Å². The zero-order chi connectivity index (χ0) is 6.85. The standard InChI is InChI=1S/C5HBrClNS/c6-3-1-5(7)9-4(3)2-8/h1H. The topological polar surface area (TPSA) is 23.8 Å². The molecule has 0 fully saturated rings. The first-order chi connectivity index (χ1) is 4.24. The van der Waals surface area contributed by atoms with Crippen LogP contribution >= 0.6 is 38.9 Å². The molecule has 46 valence electrons. The maximum absolute atomic E-state index is 8.40. The summed E-state index contributed by atoms with van der Waals surface area (Å²) >= 11 is 10.0. The van der Waals surface area contributed by atoms with E-state index in [0.29, 0.717) is 9.21 Å². The highest BCUT2D eigenvalue weighted by molar-refractivity contribution is 9.10. The van der Waals surface area contributed by atoms with E-state index in [-0.39, 0.29) is 0 Å². The first kappa shape index (κ1) is 7.07. The van der Waals surface area contributed by atoms with Crippen molar-refractivity contribution in [1.82, 2.24) is 0 Å². The molecule has 4 heteroatoms. The van der Waals surface area contributed by atoms with Crippen molar-refractivity contribution >= 4 is 38.9 Å². The monoisotopic (exact) mass is 221 g/mol. The molecule has 0 saturated heterocycles. The van der Waals surface area contributed by atoms with Crippen molar-refractivity contribution < 1.29 is 0 Å². The van der Waals surface area contributed by atoms with E-state index in [9.17, 15) is 0 Å². The SMILES string of the molecule is N#Cc1sc(Cl)cc1Br.